The van der Waals surface area contributed by atoms with Gasteiger partial charge in [0.05, 0.1) is 11.3 Å². The summed E-state index contributed by atoms with van der Waals surface area (Å²) in [6.45, 7) is 0. The summed E-state index contributed by atoms with van der Waals surface area (Å²) in [5.41, 5.74) is -1.94. The SMILES string of the molecule is O=C(O)CS(=O)(=O)Nc1ccc(Br)cc1C(F)(F)F. The number of anilines is 1. The summed E-state index contributed by atoms with van der Waals surface area (Å²) in [7, 11) is -4.39. The fraction of sp³-hybridized carbons (Fsp3) is 0.222. The molecule has 0 spiro atoms. The van der Waals surface area contributed by atoms with E-state index in [9.17, 15) is 26.4 Å². The Bertz CT molecular complexity index is 600. The van der Waals surface area contributed by atoms with Crippen molar-refractivity contribution in [3.63, 3.8) is 0 Å². The summed E-state index contributed by atoms with van der Waals surface area (Å²) in [5, 5.41) is 8.35. The van der Waals surface area contributed by atoms with Crippen molar-refractivity contribution < 1.29 is 31.5 Å². The van der Waals surface area contributed by atoms with Crippen molar-refractivity contribution in [3.8, 4) is 0 Å². The fourth-order valence-corrected chi connectivity index (χ4v) is 2.48. The fourth-order valence-electron chi connectivity index (χ4n) is 1.21. The van der Waals surface area contributed by atoms with Crippen molar-refractivity contribution in [1.82, 2.24) is 0 Å². The Labute approximate surface area is 114 Å². The first-order valence-corrected chi connectivity index (χ1v) is 7.05. The topological polar surface area (TPSA) is 83.5 Å². The number of hydrogen-bond acceptors (Lipinski definition) is 3. The van der Waals surface area contributed by atoms with Gasteiger partial charge in [0.1, 0.15) is 0 Å². The first-order valence-electron chi connectivity index (χ1n) is 4.60. The number of benzene rings is 1. The number of aliphatic carboxylic acids is 1. The van der Waals surface area contributed by atoms with E-state index in [1.165, 1.54) is 6.07 Å². The molecule has 2 N–H and O–H groups in total. The summed E-state index contributed by atoms with van der Waals surface area (Å²) in [6, 6.07) is 2.79. The molecule has 1 rings (SSSR count). The Kier molecular flexibility index (Phi) is 4.46. The maximum atomic E-state index is 12.7. The van der Waals surface area contributed by atoms with Gasteiger partial charge >= 0.3 is 12.1 Å². The molecule has 0 saturated heterocycles. The number of nitrogens with one attached hydrogen (secondary N) is 1. The summed E-state index contributed by atoms with van der Waals surface area (Å²) >= 11 is 2.84. The second-order valence-corrected chi connectivity index (χ2v) is 6.08. The lowest BCUT2D eigenvalue weighted by molar-refractivity contribution is -0.137. The number of carboxylic acids is 1. The van der Waals surface area contributed by atoms with E-state index >= 15 is 0 Å². The highest BCUT2D eigenvalue weighted by molar-refractivity contribution is 9.10. The van der Waals surface area contributed by atoms with Crippen LogP contribution in [0.4, 0.5) is 18.9 Å². The zero-order valence-electron chi connectivity index (χ0n) is 9.03. The van der Waals surface area contributed by atoms with Gasteiger partial charge in [0.15, 0.2) is 5.75 Å². The number of rotatable bonds is 4. The molecule has 0 aliphatic carbocycles. The van der Waals surface area contributed by atoms with E-state index in [1.54, 1.807) is 4.72 Å². The Hall–Kier alpha value is -1.29. The van der Waals surface area contributed by atoms with E-state index < -0.39 is 39.2 Å². The highest BCUT2D eigenvalue weighted by Gasteiger charge is 2.34. The van der Waals surface area contributed by atoms with Gasteiger partial charge in [0.25, 0.3) is 0 Å². The van der Waals surface area contributed by atoms with Crippen LogP contribution in [0.2, 0.25) is 0 Å². The minimum Gasteiger partial charge on any atom is -0.480 e. The van der Waals surface area contributed by atoms with Gasteiger partial charge in [0, 0.05) is 4.47 Å². The van der Waals surface area contributed by atoms with Crippen LogP contribution >= 0.6 is 15.9 Å². The smallest absolute Gasteiger partial charge is 0.418 e. The highest BCUT2D eigenvalue weighted by atomic mass is 79.9. The van der Waals surface area contributed by atoms with Gasteiger partial charge in [-0.25, -0.2) is 8.42 Å². The molecule has 0 aliphatic heterocycles. The van der Waals surface area contributed by atoms with Gasteiger partial charge in [-0.2, -0.15) is 13.2 Å². The predicted octanol–water partition coefficient (Wildman–Crippen LogP) is 2.29. The third-order valence-corrected chi connectivity index (χ3v) is 3.52. The average molecular weight is 362 g/mol. The van der Waals surface area contributed by atoms with E-state index in [0.717, 1.165) is 6.07 Å². The molecule has 0 atom stereocenters. The second-order valence-electron chi connectivity index (χ2n) is 3.44. The number of sulfonamides is 1. The molecule has 0 aromatic heterocycles. The largest absolute Gasteiger partial charge is 0.480 e. The molecule has 0 aliphatic rings. The minimum absolute atomic E-state index is 0.112. The minimum atomic E-state index is -4.77. The summed E-state index contributed by atoms with van der Waals surface area (Å²) in [6.07, 6.45) is -4.77. The molecule has 1 aromatic carbocycles. The van der Waals surface area contributed by atoms with Gasteiger partial charge < -0.3 is 5.11 Å². The zero-order chi connectivity index (χ0) is 14.8. The first kappa shape index (κ1) is 15.8. The van der Waals surface area contributed by atoms with Gasteiger partial charge in [-0.15, -0.1) is 0 Å². The van der Waals surface area contributed by atoms with Crippen LogP contribution < -0.4 is 4.72 Å². The summed E-state index contributed by atoms with van der Waals surface area (Å²) < 4.78 is 62.4. The molecule has 1 aromatic rings. The van der Waals surface area contributed by atoms with E-state index in [2.05, 4.69) is 15.9 Å². The Morgan fingerprint density at radius 2 is 1.95 bits per heavy atom. The quantitative estimate of drug-likeness (QED) is 0.861. The number of carbonyl (C=O) groups is 1. The van der Waals surface area contributed by atoms with E-state index in [-0.39, 0.29) is 4.47 Å². The maximum Gasteiger partial charge on any atom is 0.418 e. The van der Waals surface area contributed by atoms with Crippen LogP contribution in [0.25, 0.3) is 0 Å². The van der Waals surface area contributed by atoms with Crippen LogP contribution in [0.3, 0.4) is 0 Å². The molecule has 0 amide bonds. The molecule has 0 bridgehead atoms. The van der Waals surface area contributed by atoms with Crippen LogP contribution in [-0.2, 0) is 21.0 Å². The molecular formula is C9H7BrF3NO4S. The van der Waals surface area contributed by atoms with Crippen molar-refractivity contribution >= 4 is 37.6 Å². The van der Waals surface area contributed by atoms with Crippen molar-refractivity contribution in [2.24, 2.45) is 0 Å². The molecule has 0 radical (unpaired) electrons. The lowest BCUT2D eigenvalue weighted by atomic mass is 10.2. The average Bonchev–Trinajstić information content (AvgIpc) is 2.16. The standard InChI is InChI=1S/C9H7BrF3NO4S/c10-5-1-2-7(6(3-5)9(11,12)13)14-19(17,18)4-8(15)16/h1-3,14H,4H2,(H,15,16). The Morgan fingerprint density at radius 3 is 2.42 bits per heavy atom. The Morgan fingerprint density at radius 1 is 1.37 bits per heavy atom. The molecule has 0 heterocycles. The van der Waals surface area contributed by atoms with Gasteiger partial charge in [-0.3, -0.25) is 9.52 Å². The molecule has 0 saturated carbocycles. The number of halogens is 4. The number of alkyl halides is 3. The van der Waals surface area contributed by atoms with Gasteiger partial charge in [-0.05, 0) is 18.2 Å². The summed E-state index contributed by atoms with van der Waals surface area (Å²) in [5.74, 6) is -2.99. The normalized spacial score (nSPS) is 12.2. The Balaban J connectivity index is 3.19. The highest BCUT2D eigenvalue weighted by Crippen LogP contribution is 2.36. The van der Waals surface area contributed by atoms with Crippen LogP contribution in [0.5, 0.6) is 0 Å². The lowest BCUT2D eigenvalue weighted by Crippen LogP contribution is -2.24. The molecule has 106 valence electrons. The van der Waals surface area contributed by atoms with Crippen LogP contribution in [0.1, 0.15) is 5.56 Å². The van der Waals surface area contributed by atoms with Gasteiger partial charge in [-0.1, -0.05) is 15.9 Å². The molecule has 19 heavy (non-hydrogen) atoms. The van der Waals surface area contributed by atoms with Crippen LogP contribution in [0.15, 0.2) is 22.7 Å². The molecule has 0 unspecified atom stereocenters. The molecule has 5 nitrogen and oxygen atoms in total. The number of hydrogen-bond donors (Lipinski definition) is 2. The summed E-state index contributed by atoms with van der Waals surface area (Å²) in [4.78, 5) is 10.3. The van der Waals surface area contributed by atoms with Crippen molar-refractivity contribution in [3.05, 3.63) is 28.2 Å². The molecule has 0 fully saturated rings. The third-order valence-electron chi connectivity index (χ3n) is 1.87. The van der Waals surface area contributed by atoms with Gasteiger partial charge in [0.2, 0.25) is 10.0 Å². The van der Waals surface area contributed by atoms with Crippen molar-refractivity contribution in [1.29, 1.82) is 0 Å². The third kappa shape index (κ3) is 4.71. The predicted molar refractivity (Wildman–Crippen MR) is 64.2 cm³/mol. The number of carboxylic acid groups (broad SMARTS) is 1. The monoisotopic (exact) mass is 361 g/mol. The molecule has 10 heteroatoms. The first-order chi connectivity index (χ1) is 8.51. The van der Waals surface area contributed by atoms with Crippen molar-refractivity contribution in [2.75, 3.05) is 10.5 Å². The second kappa shape index (κ2) is 5.37. The molecular weight excluding hydrogens is 355 g/mol. The zero-order valence-corrected chi connectivity index (χ0v) is 11.4. The van der Waals surface area contributed by atoms with E-state index in [1.807, 2.05) is 0 Å². The van der Waals surface area contributed by atoms with Crippen LogP contribution in [0, 0.1) is 0 Å². The van der Waals surface area contributed by atoms with Crippen molar-refractivity contribution in [2.45, 2.75) is 6.18 Å². The maximum absolute atomic E-state index is 12.7. The van der Waals surface area contributed by atoms with Crippen LogP contribution in [-0.4, -0.2) is 25.2 Å². The lowest BCUT2D eigenvalue weighted by Gasteiger charge is -2.14. The van der Waals surface area contributed by atoms with E-state index in [4.69, 9.17) is 5.11 Å². The van der Waals surface area contributed by atoms with E-state index in [0.29, 0.717) is 6.07 Å².